The van der Waals surface area contributed by atoms with E-state index in [1.54, 1.807) is 0 Å². The number of ether oxygens (including phenoxy) is 1. The molecule has 0 aliphatic carbocycles. The third-order valence-electron chi connectivity index (χ3n) is 4.82. The molecular formula is C23H35IN4O2. The first-order valence-electron chi connectivity index (χ1n) is 10.7. The molecule has 1 amide bonds. The Morgan fingerprint density at radius 3 is 2.77 bits per heavy atom. The van der Waals surface area contributed by atoms with Gasteiger partial charge in [-0.25, -0.2) is 0 Å². The van der Waals surface area contributed by atoms with E-state index in [2.05, 4.69) is 40.6 Å². The van der Waals surface area contributed by atoms with Crippen molar-refractivity contribution < 1.29 is 9.53 Å². The predicted octanol–water partition coefficient (Wildman–Crippen LogP) is 3.21. The highest BCUT2D eigenvalue weighted by molar-refractivity contribution is 14.0. The van der Waals surface area contributed by atoms with Crippen LogP contribution in [0.15, 0.2) is 29.3 Å². The van der Waals surface area contributed by atoms with E-state index in [1.807, 2.05) is 17.0 Å². The minimum Gasteiger partial charge on any atom is -0.481 e. The van der Waals surface area contributed by atoms with Crippen molar-refractivity contribution in [2.45, 2.75) is 45.4 Å². The largest absolute Gasteiger partial charge is 0.481 e. The molecule has 7 heteroatoms. The van der Waals surface area contributed by atoms with Crippen LogP contribution < -0.4 is 15.4 Å². The third kappa shape index (κ3) is 10.2. The number of carbonyl (C=O) groups is 1. The summed E-state index contributed by atoms with van der Waals surface area (Å²) in [4.78, 5) is 18.7. The minimum atomic E-state index is 0. The Morgan fingerprint density at radius 1 is 1.23 bits per heavy atom. The van der Waals surface area contributed by atoms with E-state index in [1.165, 1.54) is 5.56 Å². The minimum absolute atomic E-state index is 0. The zero-order chi connectivity index (χ0) is 20.7. The number of carbonyl (C=O) groups excluding carboxylic acids is 1. The average Bonchev–Trinajstić information content (AvgIpc) is 2.94. The first kappa shape index (κ1) is 26.1. The number of nitrogens with one attached hydrogen (secondary N) is 2. The Morgan fingerprint density at radius 2 is 2.03 bits per heavy atom. The van der Waals surface area contributed by atoms with Crippen LogP contribution >= 0.6 is 24.0 Å². The molecule has 1 aromatic rings. The van der Waals surface area contributed by atoms with Gasteiger partial charge in [0.25, 0.3) is 0 Å². The maximum atomic E-state index is 12.0. The summed E-state index contributed by atoms with van der Waals surface area (Å²) in [5.74, 6) is 4.37. The first-order chi connectivity index (χ1) is 14.2. The standard InChI is InChI=1S/C23H34N4O2.HI/c1-3-19-29-21-12-10-20(11-13-21)14-16-26-23(24-4-2)25-15-8-18-27-17-7-5-6-9-22(27)28;/h1,10-13H,4-9,14-19H2,2H3,(H2,24,25,26);1H. The number of benzene rings is 1. The van der Waals surface area contributed by atoms with Gasteiger partial charge in [0, 0.05) is 39.1 Å². The molecule has 1 heterocycles. The highest BCUT2D eigenvalue weighted by atomic mass is 127. The molecule has 1 aromatic carbocycles. The topological polar surface area (TPSA) is 66.0 Å². The van der Waals surface area contributed by atoms with Gasteiger partial charge in [-0.2, -0.15) is 0 Å². The second kappa shape index (κ2) is 15.8. The van der Waals surface area contributed by atoms with Crippen LogP contribution in [-0.4, -0.2) is 56.1 Å². The lowest BCUT2D eigenvalue weighted by Gasteiger charge is -2.20. The number of amides is 1. The Labute approximate surface area is 198 Å². The number of rotatable bonds is 10. The van der Waals surface area contributed by atoms with Crippen molar-refractivity contribution in [1.29, 1.82) is 0 Å². The second-order valence-electron chi connectivity index (χ2n) is 7.12. The summed E-state index contributed by atoms with van der Waals surface area (Å²) in [5.41, 5.74) is 1.22. The molecule has 0 unspecified atom stereocenters. The Balaban J connectivity index is 0.00000450. The molecule has 2 rings (SSSR count). The molecule has 1 fully saturated rings. The summed E-state index contributed by atoms with van der Waals surface area (Å²) in [6, 6.07) is 7.98. The highest BCUT2D eigenvalue weighted by Gasteiger charge is 2.15. The maximum Gasteiger partial charge on any atom is 0.222 e. The highest BCUT2D eigenvalue weighted by Crippen LogP contribution is 2.12. The fourth-order valence-corrected chi connectivity index (χ4v) is 3.27. The van der Waals surface area contributed by atoms with Gasteiger partial charge in [-0.1, -0.05) is 24.5 Å². The number of terminal acetylenes is 1. The summed E-state index contributed by atoms with van der Waals surface area (Å²) in [7, 11) is 0. The Bertz CT molecular complexity index is 685. The smallest absolute Gasteiger partial charge is 0.222 e. The van der Waals surface area contributed by atoms with E-state index in [9.17, 15) is 4.79 Å². The van der Waals surface area contributed by atoms with Gasteiger partial charge in [0.1, 0.15) is 12.4 Å². The predicted molar refractivity (Wildman–Crippen MR) is 134 cm³/mol. The number of likely N-dealkylation sites (tertiary alicyclic amines) is 1. The van der Waals surface area contributed by atoms with Gasteiger partial charge in [-0.05, 0) is 50.3 Å². The lowest BCUT2D eigenvalue weighted by atomic mass is 10.1. The number of halogens is 1. The van der Waals surface area contributed by atoms with E-state index in [0.29, 0.717) is 18.9 Å². The molecule has 1 aliphatic rings. The van der Waals surface area contributed by atoms with Gasteiger partial charge in [0.2, 0.25) is 5.91 Å². The first-order valence-corrected chi connectivity index (χ1v) is 10.7. The fourth-order valence-electron chi connectivity index (χ4n) is 3.27. The number of hydrogen-bond acceptors (Lipinski definition) is 3. The number of hydrogen-bond donors (Lipinski definition) is 2. The van der Waals surface area contributed by atoms with Crippen LogP contribution in [0.5, 0.6) is 5.75 Å². The molecule has 1 aliphatic heterocycles. The van der Waals surface area contributed by atoms with E-state index < -0.39 is 0 Å². The summed E-state index contributed by atoms with van der Waals surface area (Å²) >= 11 is 0. The van der Waals surface area contributed by atoms with Crippen molar-refractivity contribution in [3.8, 4) is 18.1 Å². The maximum absolute atomic E-state index is 12.0. The molecule has 1 saturated heterocycles. The quantitative estimate of drug-likeness (QED) is 0.162. The van der Waals surface area contributed by atoms with Crippen LogP contribution in [0.3, 0.4) is 0 Å². The van der Waals surface area contributed by atoms with Gasteiger partial charge in [0.05, 0.1) is 0 Å². The van der Waals surface area contributed by atoms with E-state index in [-0.39, 0.29) is 30.6 Å². The lowest BCUT2D eigenvalue weighted by Crippen LogP contribution is -2.38. The van der Waals surface area contributed by atoms with E-state index in [0.717, 1.165) is 70.0 Å². The third-order valence-corrected chi connectivity index (χ3v) is 4.82. The molecule has 0 atom stereocenters. The van der Waals surface area contributed by atoms with Crippen molar-refractivity contribution >= 4 is 35.8 Å². The van der Waals surface area contributed by atoms with Gasteiger partial charge < -0.3 is 20.3 Å². The summed E-state index contributed by atoms with van der Waals surface area (Å²) in [6.07, 6.45) is 11.0. The molecule has 0 radical (unpaired) electrons. The van der Waals surface area contributed by atoms with Crippen molar-refractivity contribution in [3.05, 3.63) is 29.8 Å². The van der Waals surface area contributed by atoms with Gasteiger partial charge in [-0.15, -0.1) is 30.4 Å². The van der Waals surface area contributed by atoms with Crippen molar-refractivity contribution in [2.24, 2.45) is 4.99 Å². The van der Waals surface area contributed by atoms with Crippen molar-refractivity contribution in [1.82, 2.24) is 15.5 Å². The van der Waals surface area contributed by atoms with Crippen LogP contribution in [0.2, 0.25) is 0 Å². The SMILES string of the molecule is C#CCOc1ccc(CCNC(=NCCCN2CCCCCC2=O)NCC)cc1.I. The molecule has 166 valence electrons. The fraction of sp³-hybridized carbons (Fsp3) is 0.565. The number of nitrogens with zero attached hydrogens (tertiary/aromatic N) is 2. The summed E-state index contributed by atoms with van der Waals surface area (Å²) < 4.78 is 5.39. The zero-order valence-electron chi connectivity index (χ0n) is 18.0. The molecule has 0 spiro atoms. The molecule has 0 saturated carbocycles. The van der Waals surface area contributed by atoms with Crippen molar-refractivity contribution in [3.63, 3.8) is 0 Å². The summed E-state index contributed by atoms with van der Waals surface area (Å²) in [6.45, 7) is 6.36. The molecular weight excluding hydrogens is 491 g/mol. The van der Waals surface area contributed by atoms with Crippen molar-refractivity contribution in [2.75, 3.05) is 39.3 Å². The molecule has 2 N–H and O–H groups in total. The monoisotopic (exact) mass is 526 g/mol. The van der Waals surface area contributed by atoms with Gasteiger partial charge in [0.15, 0.2) is 5.96 Å². The number of aliphatic imine (C=N–C) groups is 1. The summed E-state index contributed by atoms with van der Waals surface area (Å²) in [5, 5.41) is 6.65. The molecule has 6 nitrogen and oxygen atoms in total. The van der Waals surface area contributed by atoms with Gasteiger partial charge >= 0.3 is 0 Å². The molecule has 30 heavy (non-hydrogen) atoms. The van der Waals surface area contributed by atoms with Crippen LogP contribution in [0.25, 0.3) is 0 Å². The molecule has 0 bridgehead atoms. The molecule has 0 aromatic heterocycles. The lowest BCUT2D eigenvalue weighted by molar-refractivity contribution is -0.130. The van der Waals surface area contributed by atoms with Crippen LogP contribution in [-0.2, 0) is 11.2 Å². The van der Waals surface area contributed by atoms with Gasteiger partial charge in [-0.3, -0.25) is 9.79 Å². The van der Waals surface area contributed by atoms with Crippen LogP contribution in [0.4, 0.5) is 0 Å². The zero-order valence-corrected chi connectivity index (χ0v) is 20.3. The van der Waals surface area contributed by atoms with E-state index >= 15 is 0 Å². The van der Waals surface area contributed by atoms with E-state index in [4.69, 9.17) is 11.2 Å². The Kier molecular flexibility index (Phi) is 13.8. The van der Waals surface area contributed by atoms with Crippen LogP contribution in [0, 0.1) is 12.3 Å². The second-order valence-corrected chi connectivity index (χ2v) is 7.12. The Hall–Kier alpha value is -1.95. The van der Waals surface area contributed by atoms with Crippen LogP contribution in [0.1, 0.15) is 44.6 Å². The average molecular weight is 526 g/mol. The number of guanidine groups is 1. The normalized spacial score (nSPS) is 14.3.